The van der Waals surface area contributed by atoms with Crippen LogP contribution in [0.4, 0.5) is 14.9 Å². The number of amides is 2. The topological polar surface area (TPSA) is 74.5 Å². The van der Waals surface area contributed by atoms with E-state index in [0.717, 1.165) is 5.56 Å². The van der Waals surface area contributed by atoms with Gasteiger partial charge < -0.3 is 20.2 Å². The lowest BCUT2D eigenvalue weighted by Crippen LogP contribution is -2.40. The zero-order valence-electron chi connectivity index (χ0n) is 12.7. The average Bonchev–Trinajstić information content (AvgIpc) is 2.88. The van der Waals surface area contributed by atoms with Gasteiger partial charge in [-0.2, -0.15) is 0 Å². The predicted octanol–water partition coefficient (Wildman–Crippen LogP) is 3.06. The highest BCUT2D eigenvalue weighted by molar-refractivity contribution is 5.89. The highest BCUT2D eigenvalue weighted by atomic mass is 19.1. The summed E-state index contributed by atoms with van der Waals surface area (Å²) in [6, 6.07) is 7.20. The summed E-state index contributed by atoms with van der Waals surface area (Å²) in [5.41, 5.74) is -0.433. The van der Waals surface area contributed by atoms with Crippen LogP contribution in [-0.4, -0.2) is 17.7 Å². The maximum absolute atomic E-state index is 13.6. The van der Waals surface area contributed by atoms with Crippen LogP contribution in [0.5, 0.6) is 0 Å². The Kier molecular flexibility index (Phi) is 4.51. The van der Waals surface area contributed by atoms with E-state index in [1.54, 1.807) is 32.0 Å². The van der Waals surface area contributed by atoms with E-state index in [9.17, 15) is 14.3 Å². The lowest BCUT2D eigenvalue weighted by atomic mass is 10.0. The third-order valence-electron chi connectivity index (χ3n) is 3.23. The maximum Gasteiger partial charge on any atom is 0.319 e. The van der Waals surface area contributed by atoms with E-state index in [1.165, 1.54) is 19.1 Å². The van der Waals surface area contributed by atoms with E-state index in [1.807, 2.05) is 0 Å². The van der Waals surface area contributed by atoms with Gasteiger partial charge in [0.25, 0.3) is 0 Å². The molecule has 2 rings (SSSR count). The van der Waals surface area contributed by atoms with Gasteiger partial charge in [0, 0.05) is 0 Å². The first-order chi connectivity index (χ1) is 10.3. The van der Waals surface area contributed by atoms with Crippen molar-refractivity contribution in [1.82, 2.24) is 5.32 Å². The Morgan fingerprint density at radius 2 is 2.05 bits per heavy atom. The zero-order chi connectivity index (χ0) is 16.3. The molecule has 0 radical (unpaired) electrons. The fraction of sp³-hybridized carbons (Fsp3) is 0.312. The van der Waals surface area contributed by atoms with E-state index in [0.29, 0.717) is 11.5 Å². The minimum Gasteiger partial charge on any atom is -0.463 e. The van der Waals surface area contributed by atoms with Gasteiger partial charge in [-0.15, -0.1) is 0 Å². The van der Waals surface area contributed by atoms with Crippen LogP contribution in [0, 0.1) is 19.7 Å². The first-order valence-corrected chi connectivity index (χ1v) is 6.88. The molecule has 0 aliphatic rings. The van der Waals surface area contributed by atoms with E-state index in [2.05, 4.69) is 10.6 Å². The number of rotatable bonds is 4. The molecule has 0 saturated heterocycles. The number of furan rings is 1. The molecule has 2 amide bonds. The van der Waals surface area contributed by atoms with Crippen LogP contribution in [0.25, 0.3) is 0 Å². The van der Waals surface area contributed by atoms with Crippen molar-refractivity contribution in [3.8, 4) is 0 Å². The predicted molar refractivity (Wildman–Crippen MR) is 81.2 cm³/mol. The van der Waals surface area contributed by atoms with Gasteiger partial charge in [-0.25, -0.2) is 9.18 Å². The molecule has 1 aromatic carbocycles. The lowest BCUT2D eigenvalue weighted by Gasteiger charge is -2.21. The molecule has 3 N–H and O–H groups in total. The summed E-state index contributed by atoms with van der Waals surface area (Å²) >= 11 is 0. The van der Waals surface area contributed by atoms with Crippen molar-refractivity contribution in [3.05, 3.63) is 53.2 Å². The molecule has 0 aliphatic heterocycles. The molecule has 0 aliphatic carbocycles. The number of carbonyl (C=O) groups is 1. The molecule has 6 heteroatoms. The molecule has 22 heavy (non-hydrogen) atoms. The number of hydrogen-bond acceptors (Lipinski definition) is 3. The number of anilines is 1. The fourth-order valence-corrected chi connectivity index (χ4v) is 1.96. The quantitative estimate of drug-likeness (QED) is 0.812. The van der Waals surface area contributed by atoms with Crippen molar-refractivity contribution in [2.24, 2.45) is 0 Å². The molecular weight excluding hydrogens is 287 g/mol. The third-order valence-corrected chi connectivity index (χ3v) is 3.23. The SMILES string of the molecule is Cc1ccc(F)c(NC(=O)NCC(C)(O)c2ccc(C)o2)c1. The van der Waals surface area contributed by atoms with Crippen LogP contribution >= 0.6 is 0 Å². The maximum atomic E-state index is 13.6. The van der Waals surface area contributed by atoms with E-state index >= 15 is 0 Å². The molecule has 0 spiro atoms. The van der Waals surface area contributed by atoms with E-state index in [-0.39, 0.29) is 12.2 Å². The average molecular weight is 306 g/mol. The largest absolute Gasteiger partial charge is 0.463 e. The Balaban J connectivity index is 1.96. The lowest BCUT2D eigenvalue weighted by molar-refractivity contribution is 0.0364. The number of hydrogen-bond donors (Lipinski definition) is 3. The number of aryl methyl sites for hydroxylation is 2. The summed E-state index contributed by atoms with van der Waals surface area (Å²) in [5.74, 6) is 0.503. The van der Waals surface area contributed by atoms with E-state index < -0.39 is 17.4 Å². The highest BCUT2D eigenvalue weighted by Crippen LogP contribution is 2.22. The van der Waals surface area contributed by atoms with Gasteiger partial charge in [0.05, 0.1) is 12.2 Å². The van der Waals surface area contributed by atoms with Crippen LogP contribution in [0.15, 0.2) is 34.7 Å². The van der Waals surface area contributed by atoms with Crippen molar-refractivity contribution >= 4 is 11.7 Å². The van der Waals surface area contributed by atoms with Gasteiger partial charge in [0.1, 0.15) is 22.9 Å². The molecule has 118 valence electrons. The second-order valence-electron chi connectivity index (χ2n) is 5.48. The fourth-order valence-electron chi connectivity index (χ4n) is 1.96. The molecule has 2 aromatic rings. The number of carbonyl (C=O) groups excluding carboxylic acids is 1. The van der Waals surface area contributed by atoms with Gasteiger partial charge in [-0.1, -0.05) is 6.07 Å². The second-order valence-corrected chi connectivity index (χ2v) is 5.48. The second kappa shape index (κ2) is 6.19. The number of nitrogens with one attached hydrogen (secondary N) is 2. The molecule has 1 heterocycles. The summed E-state index contributed by atoms with van der Waals surface area (Å²) in [7, 11) is 0. The standard InChI is InChI=1S/C16H19FN2O3/c1-10-4-6-12(17)13(8-10)19-15(20)18-9-16(3,21)14-7-5-11(2)22-14/h4-8,21H,9H2,1-3H3,(H2,18,19,20). The number of halogens is 1. The van der Waals surface area contributed by atoms with Crippen molar-refractivity contribution in [1.29, 1.82) is 0 Å². The Morgan fingerprint density at radius 1 is 1.32 bits per heavy atom. The summed E-state index contributed by atoms with van der Waals surface area (Å²) in [4.78, 5) is 11.8. The van der Waals surface area contributed by atoms with Crippen LogP contribution in [0.1, 0.15) is 24.0 Å². The Bertz CT molecular complexity index is 680. The normalized spacial score (nSPS) is 13.5. The molecule has 1 atom stereocenters. The van der Waals surface area contributed by atoms with Crippen molar-refractivity contribution in [2.45, 2.75) is 26.4 Å². The van der Waals surface area contributed by atoms with E-state index in [4.69, 9.17) is 4.42 Å². The number of benzene rings is 1. The van der Waals surface area contributed by atoms with Crippen molar-refractivity contribution in [3.63, 3.8) is 0 Å². The smallest absolute Gasteiger partial charge is 0.319 e. The zero-order valence-corrected chi connectivity index (χ0v) is 12.7. The Labute approximate surface area is 128 Å². The molecule has 0 bridgehead atoms. The van der Waals surface area contributed by atoms with Crippen molar-refractivity contribution < 1.29 is 18.7 Å². The van der Waals surface area contributed by atoms with Gasteiger partial charge in [0.15, 0.2) is 0 Å². The first kappa shape index (κ1) is 16.0. The van der Waals surface area contributed by atoms with Gasteiger partial charge in [-0.3, -0.25) is 0 Å². The van der Waals surface area contributed by atoms with Crippen LogP contribution in [0.2, 0.25) is 0 Å². The minimum absolute atomic E-state index is 0.0702. The summed E-state index contributed by atoms with van der Waals surface area (Å²) in [5, 5.41) is 15.2. The van der Waals surface area contributed by atoms with Gasteiger partial charge in [0.2, 0.25) is 0 Å². The molecular formula is C16H19FN2O3. The van der Waals surface area contributed by atoms with Crippen LogP contribution in [0.3, 0.4) is 0 Å². The van der Waals surface area contributed by atoms with Gasteiger partial charge in [-0.05, 0) is 50.6 Å². The van der Waals surface area contributed by atoms with Crippen LogP contribution < -0.4 is 10.6 Å². The number of aliphatic hydroxyl groups is 1. The molecule has 0 fully saturated rings. The highest BCUT2D eigenvalue weighted by Gasteiger charge is 2.27. The summed E-state index contributed by atoms with van der Waals surface area (Å²) in [6.07, 6.45) is 0. The first-order valence-electron chi connectivity index (χ1n) is 6.88. The Hall–Kier alpha value is -2.34. The molecule has 5 nitrogen and oxygen atoms in total. The van der Waals surface area contributed by atoms with Gasteiger partial charge >= 0.3 is 6.03 Å². The number of urea groups is 1. The molecule has 0 saturated carbocycles. The third kappa shape index (κ3) is 3.85. The summed E-state index contributed by atoms with van der Waals surface area (Å²) in [6.45, 7) is 5.02. The molecule has 1 unspecified atom stereocenters. The minimum atomic E-state index is -1.35. The molecule has 1 aromatic heterocycles. The Morgan fingerprint density at radius 3 is 2.68 bits per heavy atom. The van der Waals surface area contributed by atoms with Crippen LogP contribution in [-0.2, 0) is 5.60 Å². The van der Waals surface area contributed by atoms with Crippen molar-refractivity contribution in [2.75, 3.05) is 11.9 Å². The summed E-state index contributed by atoms with van der Waals surface area (Å²) < 4.78 is 18.9. The monoisotopic (exact) mass is 306 g/mol.